The molecular formula is C10H17NO. The highest BCUT2D eigenvalue weighted by Crippen LogP contribution is 2.16. The summed E-state index contributed by atoms with van der Waals surface area (Å²) < 4.78 is 0. The molecule has 0 heterocycles. The predicted molar refractivity (Wildman–Crippen MR) is 49.8 cm³/mol. The largest absolute Gasteiger partial charge is 0.359 e. The molecule has 12 heavy (non-hydrogen) atoms. The van der Waals surface area contributed by atoms with Crippen LogP contribution in [0, 0.1) is 5.92 Å². The van der Waals surface area contributed by atoms with Crippen LogP contribution in [0.1, 0.15) is 32.1 Å². The van der Waals surface area contributed by atoms with Crippen molar-refractivity contribution in [2.45, 2.75) is 32.1 Å². The zero-order valence-electron chi connectivity index (χ0n) is 7.68. The minimum atomic E-state index is 0.121. The lowest BCUT2D eigenvalue weighted by Crippen LogP contribution is -2.26. The molecule has 2 nitrogen and oxygen atoms in total. The lowest BCUT2D eigenvalue weighted by molar-refractivity contribution is -0.123. The third-order valence-electron chi connectivity index (χ3n) is 2.34. The van der Waals surface area contributed by atoms with Gasteiger partial charge in [0.2, 0.25) is 5.91 Å². The summed E-state index contributed by atoms with van der Waals surface area (Å²) in [6.07, 6.45) is 10.1. The van der Waals surface area contributed by atoms with E-state index >= 15 is 0 Å². The molecular weight excluding hydrogens is 150 g/mol. The van der Waals surface area contributed by atoms with Gasteiger partial charge in [0.25, 0.3) is 0 Å². The van der Waals surface area contributed by atoms with E-state index in [4.69, 9.17) is 0 Å². The summed E-state index contributed by atoms with van der Waals surface area (Å²) >= 11 is 0. The molecule has 0 fully saturated rings. The van der Waals surface area contributed by atoms with Crippen molar-refractivity contribution >= 4 is 5.91 Å². The molecule has 1 N–H and O–H groups in total. The smallest absolute Gasteiger partial charge is 0.226 e. The average Bonchev–Trinajstić information content (AvgIpc) is 2.02. The maximum Gasteiger partial charge on any atom is 0.226 e. The molecule has 1 aliphatic rings. The van der Waals surface area contributed by atoms with Crippen LogP contribution >= 0.6 is 0 Å². The third-order valence-corrected chi connectivity index (χ3v) is 2.34. The summed E-state index contributed by atoms with van der Waals surface area (Å²) in [7, 11) is 1.70. The van der Waals surface area contributed by atoms with E-state index in [-0.39, 0.29) is 11.8 Å². The Balaban J connectivity index is 2.48. The van der Waals surface area contributed by atoms with Gasteiger partial charge in [0.15, 0.2) is 0 Å². The summed E-state index contributed by atoms with van der Waals surface area (Å²) in [4.78, 5) is 11.3. The minimum absolute atomic E-state index is 0.121. The van der Waals surface area contributed by atoms with Gasteiger partial charge >= 0.3 is 0 Å². The van der Waals surface area contributed by atoms with Gasteiger partial charge in [0.05, 0.1) is 5.92 Å². The van der Waals surface area contributed by atoms with Crippen molar-refractivity contribution < 1.29 is 4.79 Å². The maximum absolute atomic E-state index is 11.3. The van der Waals surface area contributed by atoms with Crippen molar-refractivity contribution in [3.63, 3.8) is 0 Å². The predicted octanol–water partition coefficient (Wildman–Crippen LogP) is 1.87. The van der Waals surface area contributed by atoms with Crippen LogP contribution in [0.2, 0.25) is 0 Å². The Morgan fingerprint density at radius 1 is 1.42 bits per heavy atom. The molecule has 2 heteroatoms. The number of allylic oxidation sites excluding steroid dienone is 1. The van der Waals surface area contributed by atoms with Crippen molar-refractivity contribution in [3.05, 3.63) is 12.2 Å². The van der Waals surface area contributed by atoms with E-state index < -0.39 is 0 Å². The monoisotopic (exact) mass is 167 g/mol. The first kappa shape index (κ1) is 9.30. The molecule has 68 valence electrons. The lowest BCUT2D eigenvalue weighted by Gasteiger charge is -2.12. The zero-order valence-corrected chi connectivity index (χ0v) is 7.68. The Morgan fingerprint density at radius 2 is 2.25 bits per heavy atom. The number of carbonyl (C=O) groups is 1. The Morgan fingerprint density at radius 3 is 3.00 bits per heavy atom. The van der Waals surface area contributed by atoms with Crippen molar-refractivity contribution in [2.75, 3.05) is 7.05 Å². The molecule has 1 rings (SSSR count). The molecule has 1 aliphatic carbocycles. The maximum atomic E-state index is 11.3. The van der Waals surface area contributed by atoms with E-state index in [1.54, 1.807) is 7.05 Å². The van der Waals surface area contributed by atoms with Crippen molar-refractivity contribution in [3.8, 4) is 0 Å². The van der Waals surface area contributed by atoms with Gasteiger partial charge in [0.1, 0.15) is 0 Å². The van der Waals surface area contributed by atoms with Gasteiger partial charge in [-0.3, -0.25) is 4.79 Å². The number of hydrogen-bond acceptors (Lipinski definition) is 1. The summed E-state index contributed by atoms with van der Waals surface area (Å²) in [5.41, 5.74) is 0. The summed E-state index contributed by atoms with van der Waals surface area (Å²) in [5.74, 6) is 0.281. The van der Waals surface area contributed by atoms with E-state index in [9.17, 15) is 4.79 Å². The molecule has 0 radical (unpaired) electrons. The molecule has 0 aromatic heterocycles. The highest BCUT2D eigenvalue weighted by Gasteiger charge is 2.13. The Bertz CT molecular complexity index is 175. The fraction of sp³-hybridized carbons (Fsp3) is 0.700. The number of nitrogens with one attached hydrogen (secondary N) is 1. The number of hydrogen-bond donors (Lipinski definition) is 1. The zero-order chi connectivity index (χ0) is 8.81. The number of amides is 1. The standard InChI is InChI=1S/C10H17NO/c1-11-10(12)9-7-5-3-2-4-6-8-9/h5,7,9H,2-4,6,8H2,1H3,(H,11,12)/b7-5+. The van der Waals surface area contributed by atoms with Crippen LogP contribution in [-0.4, -0.2) is 13.0 Å². The molecule has 1 atom stereocenters. The van der Waals surface area contributed by atoms with Gasteiger partial charge in [-0.2, -0.15) is 0 Å². The lowest BCUT2D eigenvalue weighted by atomic mass is 9.96. The van der Waals surface area contributed by atoms with Crippen LogP contribution in [-0.2, 0) is 4.79 Å². The number of carbonyl (C=O) groups excluding carboxylic acids is 1. The second kappa shape index (κ2) is 4.96. The molecule has 0 aromatic carbocycles. The van der Waals surface area contributed by atoms with Gasteiger partial charge in [-0.15, -0.1) is 0 Å². The fourth-order valence-electron chi connectivity index (χ4n) is 1.56. The molecule has 0 bridgehead atoms. The summed E-state index contributed by atoms with van der Waals surface area (Å²) in [6.45, 7) is 0. The SMILES string of the molecule is CNC(=O)C1/C=C/CCCCC1. The molecule has 0 saturated heterocycles. The normalized spacial score (nSPS) is 26.9. The Kier molecular flexibility index (Phi) is 3.85. The van der Waals surface area contributed by atoms with Crippen molar-refractivity contribution in [1.82, 2.24) is 5.32 Å². The first-order valence-corrected chi connectivity index (χ1v) is 4.73. The molecule has 0 aromatic rings. The van der Waals surface area contributed by atoms with Gasteiger partial charge in [-0.1, -0.05) is 25.0 Å². The van der Waals surface area contributed by atoms with E-state index in [2.05, 4.69) is 17.5 Å². The molecule has 1 unspecified atom stereocenters. The van der Waals surface area contributed by atoms with Gasteiger partial charge < -0.3 is 5.32 Å². The van der Waals surface area contributed by atoms with E-state index in [0.29, 0.717) is 0 Å². The highest BCUT2D eigenvalue weighted by atomic mass is 16.1. The topological polar surface area (TPSA) is 29.1 Å². The number of rotatable bonds is 1. The minimum Gasteiger partial charge on any atom is -0.359 e. The fourth-order valence-corrected chi connectivity index (χ4v) is 1.56. The quantitative estimate of drug-likeness (QED) is 0.593. The Labute approximate surface area is 74.0 Å². The van der Waals surface area contributed by atoms with Gasteiger partial charge in [-0.25, -0.2) is 0 Å². The molecule has 1 amide bonds. The third kappa shape index (κ3) is 2.68. The summed E-state index contributed by atoms with van der Waals surface area (Å²) in [5, 5.41) is 2.69. The van der Waals surface area contributed by atoms with E-state index in [1.165, 1.54) is 19.3 Å². The van der Waals surface area contributed by atoms with E-state index in [0.717, 1.165) is 12.8 Å². The van der Waals surface area contributed by atoms with Crippen LogP contribution in [0.5, 0.6) is 0 Å². The van der Waals surface area contributed by atoms with Crippen molar-refractivity contribution in [2.24, 2.45) is 5.92 Å². The second-order valence-electron chi connectivity index (χ2n) is 3.29. The first-order chi connectivity index (χ1) is 5.84. The average molecular weight is 167 g/mol. The van der Waals surface area contributed by atoms with Crippen LogP contribution in [0.15, 0.2) is 12.2 Å². The Hall–Kier alpha value is -0.790. The first-order valence-electron chi connectivity index (χ1n) is 4.73. The van der Waals surface area contributed by atoms with Gasteiger partial charge in [-0.05, 0) is 19.3 Å². The molecule has 0 saturated carbocycles. The second-order valence-corrected chi connectivity index (χ2v) is 3.29. The van der Waals surface area contributed by atoms with Crippen LogP contribution in [0.25, 0.3) is 0 Å². The van der Waals surface area contributed by atoms with Crippen LogP contribution < -0.4 is 5.32 Å². The van der Waals surface area contributed by atoms with Crippen molar-refractivity contribution in [1.29, 1.82) is 0 Å². The highest BCUT2D eigenvalue weighted by molar-refractivity contribution is 5.80. The molecule has 0 spiro atoms. The van der Waals surface area contributed by atoms with Gasteiger partial charge in [0, 0.05) is 7.05 Å². The molecule has 0 aliphatic heterocycles. The van der Waals surface area contributed by atoms with E-state index in [1.807, 2.05) is 0 Å². The van der Waals surface area contributed by atoms with Crippen LogP contribution in [0.4, 0.5) is 0 Å². The van der Waals surface area contributed by atoms with Crippen LogP contribution in [0.3, 0.4) is 0 Å². The summed E-state index contributed by atoms with van der Waals surface area (Å²) in [6, 6.07) is 0.